The summed E-state index contributed by atoms with van der Waals surface area (Å²) in [6.45, 7) is 4.39. The molecule has 2 rings (SSSR count). The van der Waals surface area contributed by atoms with E-state index in [1.54, 1.807) is 0 Å². The Bertz CT molecular complexity index is 383. The molecule has 1 nitrogen and oxygen atoms in total. The molecule has 0 bridgehead atoms. The maximum absolute atomic E-state index is 3.48. The Hall–Kier alpha value is -0.470. The van der Waals surface area contributed by atoms with Gasteiger partial charge in [-0.05, 0) is 44.9 Å². The molecule has 18 heavy (non-hydrogen) atoms. The number of benzene rings is 1. The molecule has 0 heterocycles. The zero-order valence-corrected chi connectivity index (χ0v) is 12.6. The first kappa shape index (κ1) is 14.0. The van der Waals surface area contributed by atoms with Crippen LogP contribution in [0.15, 0.2) is 18.2 Å². The van der Waals surface area contributed by atoms with E-state index in [2.05, 4.69) is 56.2 Å². The van der Waals surface area contributed by atoms with Gasteiger partial charge in [-0.15, -0.1) is 0 Å². The van der Waals surface area contributed by atoms with Crippen LogP contribution < -0.4 is 5.32 Å². The summed E-state index contributed by atoms with van der Waals surface area (Å²) >= 11 is 2.16. The lowest BCUT2D eigenvalue weighted by atomic mass is 10.0. The van der Waals surface area contributed by atoms with Crippen LogP contribution in [0.25, 0.3) is 0 Å². The van der Waals surface area contributed by atoms with E-state index in [4.69, 9.17) is 0 Å². The summed E-state index contributed by atoms with van der Waals surface area (Å²) in [5.74, 6) is 1.20. The first-order chi connectivity index (χ1) is 8.70. The molecule has 1 N–H and O–H groups in total. The maximum atomic E-state index is 3.48. The van der Waals surface area contributed by atoms with Crippen molar-refractivity contribution in [2.75, 3.05) is 12.8 Å². The predicted octanol–water partition coefficient (Wildman–Crippen LogP) is 4.24. The minimum Gasteiger partial charge on any atom is -0.312 e. The number of hydrogen-bond donors (Lipinski definition) is 1. The molecule has 1 aliphatic carbocycles. The monoisotopic (exact) mass is 263 g/mol. The third kappa shape index (κ3) is 3.52. The smallest absolute Gasteiger partial charge is 0.0412 e. The van der Waals surface area contributed by atoms with Crippen molar-refractivity contribution in [1.29, 1.82) is 0 Å². The van der Waals surface area contributed by atoms with Gasteiger partial charge in [-0.25, -0.2) is 0 Å². The SMILES string of the molecule is CNC(CSC1CCCC1)c1ccc(C)cc1C. The molecule has 0 spiro atoms. The van der Waals surface area contributed by atoms with Crippen LogP contribution in [0.2, 0.25) is 0 Å². The van der Waals surface area contributed by atoms with Crippen molar-refractivity contribution >= 4 is 11.8 Å². The highest BCUT2D eigenvalue weighted by Gasteiger charge is 2.18. The Kier molecular flexibility index (Phi) is 5.13. The van der Waals surface area contributed by atoms with E-state index in [0.717, 1.165) is 5.25 Å². The fraction of sp³-hybridized carbons (Fsp3) is 0.625. The number of nitrogens with one attached hydrogen (secondary N) is 1. The van der Waals surface area contributed by atoms with E-state index >= 15 is 0 Å². The highest BCUT2D eigenvalue weighted by molar-refractivity contribution is 7.99. The molecule has 1 aromatic carbocycles. The van der Waals surface area contributed by atoms with Gasteiger partial charge in [0.1, 0.15) is 0 Å². The zero-order chi connectivity index (χ0) is 13.0. The summed E-state index contributed by atoms with van der Waals surface area (Å²) < 4.78 is 0. The Morgan fingerprint density at radius 3 is 2.61 bits per heavy atom. The fourth-order valence-corrected chi connectivity index (χ4v) is 4.31. The average molecular weight is 263 g/mol. The van der Waals surface area contributed by atoms with Gasteiger partial charge in [-0.2, -0.15) is 11.8 Å². The zero-order valence-electron chi connectivity index (χ0n) is 11.8. The minimum absolute atomic E-state index is 0.496. The van der Waals surface area contributed by atoms with Gasteiger partial charge in [0.15, 0.2) is 0 Å². The van der Waals surface area contributed by atoms with Crippen LogP contribution >= 0.6 is 11.8 Å². The summed E-state index contributed by atoms with van der Waals surface area (Å²) in [6, 6.07) is 7.31. The van der Waals surface area contributed by atoms with Crippen molar-refractivity contribution in [2.24, 2.45) is 0 Å². The molecule has 0 aromatic heterocycles. The van der Waals surface area contributed by atoms with Crippen LogP contribution in [-0.4, -0.2) is 18.1 Å². The van der Waals surface area contributed by atoms with Crippen LogP contribution in [-0.2, 0) is 0 Å². The predicted molar refractivity (Wildman–Crippen MR) is 82.4 cm³/mol. The van der Waals surface area contributed by atoms with E-state index in [1.807, 2.05) is 0 Å². The van der Waals surface area contributed by atoms with Crippen molar-refractivity contribution in [2.45, 2.75) is 50.8 Å². The molecule has 1 saturated carbocycles. The molecular formula is C16H25NS. The van der Waals surface area contributed by atoms with Gasteiger partial charge < -0.3 is 5.32 Å². The molecule has 100 valence electrons. The van der Waals surface area contributed by atoms with E-state index in [1.165, 1.54) is 48.1 Å². The summed E-state index contributed by atoms with van der Waals surface area (Å²) in [5.41, 5.74) is 4.24. The van der Waals surface area contributed by atoms with Gasteiger partial charge in [0.2, 0.25) is 0 Å². The molecule has 1 unspecified atom stereocenters. The molecule has 0 amide bonds. The lowest BCUT2D eigenvalue weighted by Gasteiger charge is -2.20. The van der Waals surface area contributed by atoms with Crippen molar-refractivity contribution in [3.8, 4) is 0 Å². The van der Waals surface area contributed by atoms with Gasteiger partial charge >= 0.3 is 0 Å². The second-order valence-electron chi connectivity index (χ2n) is 5.44. The molecular weight excluding hydrogens is 238 g/mol. The summed E-state index contributed by atoms with van der Waals surface area (Å²) in [7, 11) is 2.08. The molecule has 1 aromatic rings. The molecule has 0 aliphatic heterocycles. The first-order valence-corrected chi connectivity index (χ1v) is 8.11. The Balaban J connectivity index is 1.98. The van der Waals surface area contributed by atoms with Gasteiger partial charge in [-0.3, -0.25) is 0 Å². The normalized spacial score (nSPS) is 18.2. The molecule has 2 heteroatoms. The van der Waals surface area contributed by atoms with Gasteiger partial charge in [0.25, 0.3) is 0 Å². The standard InChI is InChI=1S/C16H25NS/c1-12-8-9-15(13(2)10-12)16(17-3)11-18-14-6-4-5-7-14/h8-10,14,16-17H,4-7,11H2,1-3H3. The minimum atomic E-state index is 0.496. The van der Waals surface area contributed by atoms with E-state index < -0.39 is 0 Å². The summed E-state index contributed by atoms with van der Waals surface area (Å²) in [4.78, 5) is 0. The highest BCUT2D eigenvalue weighted by atomic mass is 32.2. The van der Waals surface area contributed by atoms with Crippen LogP contribution in [0.4, 0.5) is 0 Å². The number of aryl methyl sites for hydroxylation is 2. The van der Waals surface area contributed by atoms with Crippen molar-refractivity contribution in [1.82, 2.24) is 5.32 Å². The van der Waals surface area contributed by atoms with Gasteiger partial charge in [0.05, 0.1) is 0 Å². The molecule has 1 aliphatic rings. The topological polar surface area (TPSA) is 12.0 Å². The number of rotatable bonds is 5. The summed E-state index contributed by atoms with van der Waals surface area (Å²) in [5, 5.41) is 4.39. The Morgan fingerprint density at radius 2 is 2.00 bits per heavy atom. The van der Waals surface area contributed by atoms with E-state index in [0.29, 0.717) is 6.04 Å². The van der Waals surface area contributed by atoms with Crippen LogP contribution in [0, 0.1) is 13.8 Å². The van der Waals surface area contributed by atoms with Crippen LogP contribution in [0.5, 0.6) is 0 Å². The van der Waals surface area contributed by atoms with Gasteiger partial charge in [0, 0.05) is 17.0 Å². The van der Waals surface area contributed by atoms with Gasteiger partial charge in [-0.1, -0.05) is 36.6 Å². The highest BCUT2D eigenvalue weighted by Crippen LogP contribution is 2.32. The van der Waals surface area contributed by atoms with Crippen molar-refractivity contribution in [3.63, 3.8) is 0 Å². The van der Waals surface area contributed by atoms with E-state index in [9.17, 15) is 0 Å². The van der Waals surface area contributed by atoms with Crippen molar-refractivity contribution in [3.05, 3.63) is 34.9 Å². The fourth-order valence-electron chi connectivity index (χ4n) is 2.83. The lowest BCUT2D eigenvalue weighted by Crippen LogP contribution is -2.20. The largest absolute Gasteiger partial charge is 0.312 e. The second-order valence-corrected chi connectivity index (χ2v) is 6.77. The second kappa shape index (κ2) is 6.63. The molecule has 0 saturated heterocycles. The molecule has 1 atom stereocenters. The Morgan fingerprint density at radius 1 is 1.28 bits per heavy atom. The Labute approximate surface area is 116 Å². The molecule has 0 radical (unpaired) electrons. The summed E-state index contributed by atoms with van der Waals surface area (Å²) in [6.07, 6.45) is 5.72. The quantitative estimate of drug-likeness (QED) is 0.853. The maximum Gasteiger partial charge on any atom is 0.0412 e. The van der Waals surface area contributed by atoms with Crippen LogP contribution in [0.3, 0.4) is 0 Å². The van der Waals surface area contributed by atoms with Crippen molar-refractivity contribution < 1.29 is 0 Å². The first-order valence-electron chi connectivity index (χ1n) is 7.06. The third-order valence-electron chi connectivity index (χ3n) is 3.95. The average Bonchev–Trinajstić information content (AvgIpc) is 2.85. The van der Waals surface area contributed by atoms with Crippen LogP contribution in [0.1, 0.15) is 48.4 Å². The third-order valence-corrected chi connectivity index (χ3v) is 5.42. The number of hydrogen-bond acceptors (Lipinski definition) is 2. The molecule has 1 fully saturated rings. The lowest BCUT2D eigenvalue weighted by molar-refractivity contribution is 0.656. The van der Waals surface area contributed by atoms with E-state index in [-0.39, 0.29) is 0 Å². The number of thioether (sulfide) groups is 1.